The van der Waals surface area contributed by atoms with Gasteiger partial charge >= 0.3 is 0 Å². The van der Waals surface area contributed by atoms with Gasteiger partial charge < -0.3 is 9.80 Å². The molecule has 0 spiro atoms. The molecule has 1 fully saturated rings. The molecule has 0 atom stereocenters. The number of hydrogen-bond acceptors (Lipinski definition) is 6. The highest BCUT2D eigenvalue weighted by molar-refractivity contribution is 9.10. The van der Waals surface area contributed by atoms with Gasteiger partial charge in [-0.1, -0.05) is 27.2 Å². The lowest BCUT2D eigenvalue weighted by Gasteiger charge is -2.21. The fourth-order valence-corrected chi connectivity index (χ4v) is 4.57. The van der Waals surface area contributed by atoms with E-state index < -0.39 is 0 Å². The van der Waals surface area contributed by atoms with Crippen molar-refractivity contribution in [1.29, 1.82) is 0 Å². The molecular weight excluding hydrogens is 440 g/mol. The van der Waals surface area contributed by atoms with Gasteiger partial charge in [0.2, 0.25) is 0 Å². The molecule has 0 saturated carbocycles. The lowest BCUT2D eigenvalue weighted by Crippen LogP contribution is -2.35. The van der Waals surface area contributed by atoms with Crippen molar-refractivity contribution in [1.82, 2.24) is 24.9 Å². The molecule has 0 N–H and O–H groups in total. The predicted molar refractivity (Wildman–Crippen MR) is 113 cm³/mol. The van der Waals surface area contributed by atoms with Crippen LogP contribution in [0.15, 0.2) is 34.1 Å². The van der Waals surface area contributed by atoms with Crippen LogP contribution >= 0.6 is 27.3 Å². The Bertz CT molecular complexity index is 1000. The van der Waals surface area contributed by atoms with Crippen molar-refractivity contribution in [2.24, 2.45) is 0 Å². The molecule has 3 heterocycles. The predicted octanol–water partition coefficient (Wildman–Crippen LogP) is 3.46. The van der Waals surface area contributed by atoms with Crippen molar-refractivity contribution >= 4 is 38.3 Å². The van der Waals surface area contributed by atoms with Crippen LogP contribution in [0.5, 0.6) is 0 Å². The zero-order chi connectivity index (χ0) is 19.7. The van der Waals surface area contributed by atoms with Crippen molar-refractivity contribution in [3.63, 3.8) is 0 Å². The molecule has 0 radical (unpaired) electrons. The van der Waals surface area contributed by atoms with Crippen LogP contribution in [0.3, 0.4) is 0 Å². The van der Waals surface area contributed by atoms with E-state index in [1.54, 1.807) is 16.0 Å². The van der Waals surface area contributed by atoms with Gasteiger partial charge in [0.05, 0.1) is 17.1 Å². The number of amides is 1. The van der Waals surface area contributed by atoms with Crippen LogP contribution in [0.4, 0.5) is 5.13 Å². The maximum absolute atomic E-state index is 13.1. The van der Waals surface area contributed by atoms with Gasteiger partial charge in [0.15, 0.2) is 10.8 Å². The Morgan fingerprint density at radius 1 is 1.18 bits per heavy atom. The lowest BCUT2D eigenvalue weighted by atomic mass is 10.2. The normalized spacial score (nSPS) is 15.0. The van der Waals surface area contributed by atoms with Crippen molar-refractivity contribution in [2.75, 3.05) is 31.1 Å². The topological polar surface area (TPSA) is 67.2 Å². The van der Waals surface area contributed by atoms with E-state index in [0.717, 1.165) is 46.2 Å². The molecular formula is C19H21BrN6OS. The van der Waals surface area contributed by atoms with Crippen LogP contribution in [-0.4, -0.2) is 57.0 Å². The summed E-state index contributed by atoms with van der Waals surface area (Å²) in [5.41, 5.74) is 3.08. The molecule has 1 aromatic carbocycles. The molecule has 0 bridgehead atoms. The van der Waals surface area contributed by atoms with E-state index in [1.807, 2.05) is 43.0 Å². The highest BCUT2D eigenvalue weighted by Crippen LogP contribution is 2.22. The Hall–Kier alpha value is -2.26. The molecule has 4 rings (SSSR count). The highest BCUT2D eigenvalue weighted by atomic mass is 79.9. The van der Waals surface area contributed by atoms with Crippen molar-refractivity contribution in [2.45, 2.75) is 20.3 Å². The molecule has 2 aromatic heterocycles. The average Bonchev–Trinajstić information content (AvgIpc) is 3.19. The number of thiazole rings is 1. The first-order valence-electron chi connectivity index (χ1n) is 9.17. The minimum absolute atomic E-state index is 0.0593. The summed E-state index contributed by atoms with van der Waals surface area (Å²) in [5.74, 6) is -0.0593. The molecule has 0 unspecified atom stereocenters. The van der Waals surface area contributed by atoms with Gasteiger partial charge in [0.1, 0.15) is 0 Å². The number of rotatable bonds is 3. The summed E-state index contributed by atoms with van der Waals surface area (Å²) < 4.78 is 2.67. The number of hydrogen-bond donors (Lipinski definition) is 0. The maximum atomic E-state index is 13.1. The van der Waals surface area contributed by atoms with E-state index in [2.05, 4.69) is 41.5 Å². The summed E-state index contributed by atoms with van der Waals surface area (Å²) in [4.78, 5) is 21.8. The summed E-state index contributed by atoms with van der Waals surface area (Å²) >= 11 is 5.13. The molecule has 28 heavy (non-hydrogen) atoms. The molecule has 1 amide bonds. The number of anilines is 1. The molecule has 9 heteroatoms. The van der Waals surface area contributed by atoms with Crippen LogP contribution in [-0.2, 0) is 0 Å². The van der Waals surface area contributed by atoms with Gasteiger partial charge in [0.25, 0.3) is 5.91 Å². The van der Waals surface area contributed by atoms with E-state index >= 15 is 0 Å². The number of benzene rings is 1. The first-order chi connectivity index (χ1) is 13.5. The maximum Gasteiger partial charge on any atom is 0.276 e. The third-order valence-corrected chi connectivity index (χ3v) is 6.32. The minimum Gasteiger partial charge on any atom is -0.346 e. The third-order valence-electron chi connectivity index (χ3n) is 4.81. The van der Waals surface area contributed by atoms with Crippen LogP contribution in [0.1, 0.15) is 28.3 Å². The van der Waals surface area contributed by atoms with Gasteiger partial charge in [-0.15, -0.1) is 16.4 Å². The quantitative estimate of drug-likeness (QED) is 0.598. The number of halogens is 1. The number of aromatic nitrogens is 4. The highest BCUT2D eigenvalue weighted by Gasteiger charge is 2.26. The van der Waals surface area contributed by atoms with Crippen LogP contribution in [0.2, 0.25) is 0 Å². The fraction of sp³-hybridized carbons (Fsp3) is 0.368. The molecule has 3 aromatic rings. The van der Waals surface area contributed by atoms with Crippen LogP contribution in [0.25, 0.3) is 5.69 Å². The number of carbonyl (C=O) groups is 1. The van der Waals surface area contributed by atoms with E-state index in [-0.39, 0.29) is 5.91 Å². The summed E-state index contributed by atoms with van der Waals surface area (Å²) in [7, 11) is 0. The Morgan fingerprint density at radius 2 is 2.04 bits per heavy atom. The minimum atomic E-state index is -0.0593. The van der Waals surface area contributed by atoms with E-state index in [0.29, 0.717) is 18.8 Å². The van der Waals surface area contributed by atoms with Crippen LogP contribution in [0, 0.1) is 13.8 Å². The molecule has 1 aliphatic heterocycles. The first kappa shape index (κ1) is 19.1. The van der Waals surface area contributed by atoms with Crippen molar-refractivity contribution < 1.29 is 4.79 Å². The standard InChI is InChI=1S/C19H21BrN6OS/c1-13-12-28-19(21-13)25-8-4-7-24(9-10-25)18(27)17-14(2)26(23-22-17)16-6-3-5-15(20)11-16/h3,5-6,11-12H,4,7-10H2,1-2H3. The smallest absolute Gasteiger partial charge is 0.276 e. The Labute approximate surface area is 176 Å². The number of aryl methyl sites for hydroxylation is 1. The summed E-state index contributed by atoms with van der Waals surface area (Å²) in [6.45, 7) is 6.93. The average molecular weight is 461 g/mol. The van der Waals surface area contributed by atoms with Gasteiger partial charge in [-0.05, 0) is 38.5 Å². The van der Waals surface area contributed by atoms with Crippen LogP contribution < -0.4 is 4.90 Å². The first-order valence-corrected chi connectivity index (χ1v) is 10.8. The Morgan fingerprint density at radius 3 is 2.79 bits per heavy atom. The molecule has 1 aliphatic rings. The number of nitrogens with zero attached hydrogens (tertiary/aromatic N) is 6. The van der Waals surface area contributed by atoms with E-state index in [9.17, 15) is 4.79 Å². The van der Waals surface area contributed by atoms with Gasteiger partial charge in [-0.25, -0.2) is 9.67 Å². The van der Waals surface area contributed by atoms with Gasteiger partial charge in [-0.3, -0.25) is 4.79 Å². The summed E-state index contributed by atoms with van der Waals surface area (Å²) in [6.07, 6.45) is 0.906. The lowest BCUT2D eigenvalue weighted by molar-refractivity contribution is 0.0760. The largest absolute Gasteiger partial charge is 0.346 e. The van der Waals surface area contributed by atoms with E-state index in [1.165, 1.54) is 0 Å². The SMILES string of the molecule is Cc1csc(N2CCCN(C(=O)c3nnn(-c4cccc(Br)c4)c3C)CC2)n1. The fourth-order valence-electron chi connectivity index (χ4n) is 3.33. The number of carbonyl (C=O) groups excluding carboxylic acids is 1. The second-order valence-corrected chi connectivity index (χ2v) is 8.57. The zero-order valence-electron chi connectivity index (χ0n) is 15.8. The summed E-state index contributed by atoms with van der Waals surface area (Å²) in [5, 5.41) is 11.5. The molecule has 0 aliphatic carbocycles. The van der Waals surface area contributed by atoms with Crippen molar-refractivity contribution in [3.05, 3.63) is 51.2 Å². The Balaban J connectivity index is 1.50. The second-order valence-electron chi connectivity index (χ2n) is 6.82. The van der Waals surface area contributed by atoms with Gasteiger partial charge in [0, 0.05) is 36.0 Å². The van der Waals surface area contributed by atoms with Crippen molar-refractivity contribution in [3.8, 4) is 5.69 Å². The summed E-state index contributed by atoms with van der Waals surface area (Å²) in [6, 6.07) is 7.79. The Kier molecular flexibility index (Phi) is 5.45. The molecule has 146 valence electrons. The third kappa shape index (κ3) is 3.81. The molecule has 1 saturated heterocycles. The van der Waals surface area contributed by atoms with Gasteiger partial charge in [-0.2, -0.15) is 0 Å². The zero-order valence-corrected chi connectivity index (χ0v) is 18.2. The monoisotopic (exact) mass is 460 g/mol. The van der Waals surface area contributed by atoms with E-state index in [4.69, 9.17) is 0 Å². The molecule has 7 nitrogen and oxygen atoms in total. The second kappa shape index (κ2) is 8.00.